The number of aryl methyl sites for hydroxylation is 1. The Hall–Kier alpha value is -0.900. The summed E-state index contributed by atoms with van der Waals surface area (Å²) in [6.07, 6.45) is 8.74. The van der Waals surface area contributed by atoms with Crippen LogP contribution in [0.15, 0.2) is 11.3 Å². The van der Waals surface area contributed by atoms with E-state index in [1.807, 2.05) is 4.68 Å². The summed E-state index contributed by atoms with van der Waals surface area (Å²) in [5.74, 6) is 1.85. The third-order valence-corrected chi connectivity index (χ3v) is 4.81. The van der Waals surface area contributed by atoms with Crippen LogP contribution >= 0.6 is 24.0 Å². The summed E-state index contributed by atoms with van der Waals surface area (Å²) in [5.41, 5.74) is -0.619. The van der Waals surface area contributed by atoms with Crippen LogP contribution < -0.4 is 10.6 Å². The lowest BCUT2D eigenvalue weighted by molar-refractivity contribution is 0.0131. The summed E-state index contributed by atoms with van der Waals surface area (Å²) in [5, 5.41) is 21.6. The molecule has 1 aromatic heterocycles. The minimum absolute atomic E-state index is 0. The first kappa shape index (κ1) is 19.4. The standard InChI is InChI=1S/C16H28N6O.HI/c1-2-17-15(18-11-16(23)8-4-3-5-9-16)21-13-6-7-14-19-12-20-22(14)10-13;/h12-13,23H,2-11H2,1H3,(H2,17,18,21);1H. The van der Waals surface area contributed by atoms with E-state index in [1.165, 1.54) is 6.42 Å². The molecule has 1 atom stereocenters. The lowest BCUT2D eigenvalue weighted by atomic mass is 9.85. The quantitative estimate of drug-likeness (QED) is 0.369. The molecule has 3 N–H and O–H groups in total. The molecule has 1 aliphatic carbocycles. The predicted molar refractivity (Wildman–Crippen MR) is 105 cm³/mol. The largest absolute Gasteiger partial charge is 0.388 e. The molecule has 2 aliphatic rings. The third-order valence-electron chi connectivity index (χ3n) is 4.81. The highest BCUT2D eigenvalue weighted by Crippen LogP contribution is 2.28. The number of aliphatic imine (C=N–C) groups is 1. The molecule has 0 aromatic carbocycles. The van der Waals surface area contributed by atoms with E-state index in [4.69, 9.17) is 0 Å². The Balaban J connectivity index is 0.00000208. The second-order valence-corrected chi connectivity index (χ2v) is 6.72. The summed E-state index contributed by atoms with van der Waals surface area (Å²) >= 11 is 0. The molecule has 0 spiro atoms. The fourth-order valence-corrected chi connectivity index (χ4v) is 3.46. The van der Waals surface area contributed by atoms with Crippen LogP contribution in [0.25, 0.3) is 0 Å². The number of fused-ring (bicyclic) bond motifs is 1. The monoisotopic (exact) mass is 448 g/mol. The highest BCUT2D eigenvalue weighted by Gasteiger charge is 2.29. The highest BCUT2D eigenvalue weighted by molar-refractivity contribution is 14.0. The van der Waals surface area contributed by atoms with Gasteiger partial charge in [-0.2, -0.15) is 5.10 Å². The van der Waals surface area contributed by atoms with E-state index in [0.29, 0.717) is 12.6 Å². The van der Waals surface area contributed by atoms with Gasteiger partial charge in [-0.3, -0.25) is 4.99 Å². The van der Waals surface area contributed by atoms with Gasteiger partial charge in [-0.15, -0.1) is 24.0 Å². The molecule has 136 valence electrons. The minimum atomic E-state index is -0.619. The van der Waals surface area contributed by atoms with Crippen LogP contribution in [0.1, 0.15) is 51.3 Å². The number of nitrogens with one attached hydrogen (secondary N) is 2. The van der Waals surface area contributed by atoms with Crippen molar-refractivity contribution >= 4 is 29.9 Å². The molecule has 0 saturated heterocycles. The molecular formula is C16H29IN6O. The second kappa shape index (κ2) is 8.98. The van der Waals surface area contributed by atoms with Gasteiger partial charge in [0, 0.05) is 19.0 Å². The minimum Gasteiger partial charge on any atom is -0.388 e. The maximum absolute atomic E-state index is 10.6. The van der Waals surface area contributed by atoms with Gasteiger partial charge in [0.2, 0.25) is 0 Å². The Morgan fingerprint density at radius 2 is 2.21 bits per heavy atom. The van der Waals surface area contributed by atoms with Crippen LogP contribution in [-0.2, 0) is 13.0 Å². The smallest absolute Gasteiger partial charge is 0.191 e. The molecule has 3 rings (SSSR count). The Morgan fingerprint density at radius 1 is 1.42 bits per heavy atom. The Labute approximate surface area is 160 Å². The number of aliphatic hydroxyl groups is 1. The molecule has 2 heterocycles. The Morgan fingerprint density at radius 3 is 2.96 bits per heavy atom. The first-order valence-corrected chi connectivity index (χ1v) is 8.82. The molecule has 1 aromatic rings. The average molecular weight is 448 g/mol. The van der Waals surface area contributed by atoms with E-state index in [9.17, 15) is 5.11 Å². The van der Waals surface area contributed by atoms with Crippen LogP contribution in [0.4, 0.5) is 0 Å². The van der Waals surface area contributed by atoms with Gasteiger partial charge in [-0.05, 0) is 26.2 Å². The molecule has 7 nitrogen and oxygen atoms in total. The zero-order valence-electron chi connectivity index (χ0n) is 14.4. The average Bonchev–Trinajstić information content (AvgIpc) is 3.01. The number of hydrogen-bond acceptors (Lipinski definition) is 4. The predicted octanol–water partition coefficient (Wildman–Crippen LogP) is 1.46. The molecule has 8 heteroatoms. The number of hydrogen-bond donors (Lipinski definition) is 3. The Bertz CT molecular complexity index is 540. The number of aromatic nitrogens is 3. The lowest BCUT2D eigenvalue weighted by Crippen LogP contribution is -2.48. The van der Waals surface area contributed by atoms with Crippen LogP contribution in [0.5, 0.6) is 0 Å². The molecule has 1 aliphatic heterocycles. The number of rotatable bonds is 4. The van der Waals surface area contributed by atoms with E-state index in [-0.39, 0.29) is 24.0 Å². The maximum Gasteiger partial charge on any atom is 0.191 e. The van der Waals surface area contributed by atoms with Gasteiger partial charge in [0.25, 0.3) is 0 Å². The second-order valence-electron chi connectivity index (χ2n) is 6.72. The molecule has 0 radical (unpaired) electrons. The molecule has 1 saturated carbocycles. The van der Waals surface area contributed by atoms with Crippen molar-refractivity contribution in [1.82, 2.24) is 25.4 Å². The van der Waals surface area contributed by atoms with E-state index < -0.39 is 5.60 Å². The van der Waals surface area contributed by atoms with Crippen molar-refractivity contribution < 1.29 is 5.11 Å². The molecule has 0 bridgehead atoms. The summed E-state index contributed by atoms with van der Waals surface area (Å²) < 4.78 is 1.96. The molecule has 0 amide bonds. The van der Waals surface area contributed by atoms with Crippen molar-refractivity contribution in [1.29, 1.82) is 0 Å². The van der Waals surface area contributed by atoms with E-state index in [1.54, 1.807) is 6.33 Å². The first-order chi connectivity index (χ1) is 11.2. The van der Waals surface area contributed by atoms with E-state index in [2.05, 4.69) is 32.6 Å². The SMILES string of the molecule is CCNC(=NCC1(O)CCCCC1)NC1CCc2ncnn2C1.I. The fraction of sp³-hybridized carbons (Fsp3) is 0.812. The van der Waals surface area contributed by atoms with E-state index in [0.717, 1.165) is 63.4 Å². The van der Waals surface area contributed by atoms with Gasteiger partial charge in [-0.1, -0.05) is 19.3 Å². The van der Waals surface area contributed by atoms with Crippen molar-refractivity contribution in [2.45, 2.75) is 70.1 Å². The Kier molecular flexibility index (Phi) is 7.27. The number of nitrogens with zero attached hydrogens (tertiary/aromatic N) is 4. The summed E-state index contributed by atoms with van der Waals surface area (Å²) in [6.45, 7) is 4.15. The van der Waals surface area contributed by atoms with Crippen LogP contribution in [0.3, 0.4) is 0 Å². The maximum atomic E-state index is 10.6. The van der Waals surface area contributed by atoms with Crippen LogP contribution in [0.2, 0.25) is 0 Å². The molecule has 1 fully saturated rings. The first-order valence-electron chi connectivity index (χ1n) is 8.82. The van der Waals surface area contributed by atoms with Crippen molar-refractivity contribution in [3.05, 3.63) is 12.2 Å². The van der Waals surface area contributed by atoms with E-state index >= 15 is 0 Å². The van der Waals surface area contributed by atoms with Crippen LogP contribution in [-0.4, -0.2) is 50.6 Å². The van der Waals surface area contributed by atoms with Gasteiger partial charge in [0.05, 0.1) is 18.7 Å². The van der Waals surface area contributed by atoms with Gasteiger partial charge < -0.3 is 15.7 Å². The zero-order valence-corrected chi connectivity index (χ0v) is 16.7. The van der Waals surface area contributed by atoms with Gasteiger partial charge in [0.1, 0.15) is 12.2 Å². The number of guanidine groups is 1. The lowest BCUT2D eigenvalue weighted by Gasteiger charge is -2.31. The summed E-state index contributed by atoms with van der Waals surface area (Å²) in [7, 11) is 0. The highest BCUT2D eigenvalue weighted by atomic mass is 127. The normalized spacial score (nSPS) is 23.1. The van der Waals surface area contributed by atoms with Gasteiger partial charge in [-0.25, -0.2) is 9.67 Å². The summed E-state index contributed by atoms with van der Waals surface area (Å²) in [4.78, 5) is 8.90. The van der Waals surface area contributed by atoms with Crippen molar-refractivity contribution in [2.24, 2.45) is 4.99 Å². The van der Waals surface area contributed by atoms with Crippen molar-refractivity contribution in [3.8, 4) is 0 Å². The van der Waals surface area contributed by atoms with Crippen molar-refractivity contribution in [2.75, 3.05) is 13.1 Å². The topological polar surface area (TPSA) is 87.4 Å². The zero-order chi connectivity index (χ0) is 16.1. The number of halogens is 1. The van der Waals surface area contributed by atoms with Crippen molar-refractivity contribution in [3.63, 3.8) is 0 Å². The summed E-state index contributed by atoms with van der Waals surface area (Å²) in [6, 6.07) is 0.294. The third kappa shape index (κ3) is 5.05. The van der Waals surface area contributed by atoms with Gasteiger partial charge >= 0.3 is 0 Å². The van der Waals surface area contributed by atoms with Crippen LogP contribution in [0, 0.1) is 0 Å². The molecule has 1 unspecified atom stereocenters. The fourth-order valence-electron chi connectivity index (χ4n) is 3.46. The van der Waals surface area contributed by atoms with Gasteiger partial charge in [0.15, 0.2) is 5.96 Å². The molecule has 24 heavy (non-hydrogen) atoms. The molecular weight excluding hydrogens is 419 g/mol.